The summed E-state index contributed by atoms with van der Waals surface area (Å²) in [4.78, 5) is 20.0. The third-order valence-corrected chi connectivity index (χ3v) is 6.74. The molecule has 9 heteroatoms. The number of nitrogens with zero attached hydrogens (tertiary/aromatic N) is 4. The van der Waals surface area contributed by atoms with E-state index in [2.05, 4.69) is 31.7 Å². The van der Waals surface area contributed by atoms with Gasteiger partial charge >= 0.3 is 0 Å². The number of nitrogens with one attached hydrogen (secondary N) is 2. The van der Waals surface area contributed by atoms with E-state index in [1.54, 1.807) is 17.1 Å². The predicted molar refractivity (Wildman–Crippen MR) is 135 cm³/mol. The number of amides is 1. The smallest absolute Gasteiger partial charge is 0.273 e. The summed E-state index contributed by atoms with van der Waals surface area (Å²) in [5.41, 5.74) is 19.6. The number of carbonyl (C=O) groups excluding carboxylic acids is 1. The monoisotopic (exact) mass is 474 g/mol. The Balaban J connectivity index is 1.09. The van der Waals surface area contributed by atoms with Crippen LogP contribution in [0.5, 0.6) is 0 Å². The van der Waals surface area contributed by atoms with Crippen molar-refractivity contribution in [2.75, 3.05) is 5.73 Å². The Labute approximate surface area is 205 Å². The maximum absolute atomic E-state index is 12.4. The zero-order valence-corrected chi connectivity index (χ0v) is 20.3. The highest BCUT2D eigenvalue weighted by atomic mass is 16.2. The summed E-state index contributed by atoms with van der Waals surface area (Å²) in [5, 5.41) is 11.0. The third kappa shape index (κ3) is 5.72. The lowest BCUT2D eigenvalue weighted by atomic mass is 10.0. The van der Waals surface area contributed by atoms with E-state index in [-0.39, 0.29) is 5.91 Å². The molecule has 3 aromatic rings. The number of anilines is 1. The maximum Gasteiger partial charge on any atom is 0.273 e. The minimum Gasteiger partial charge on any atom is -0.402 e. The maximum atomic E-state index is 12.4. The zero-order valence-electron chi connectivity index (χ0n) is 20.3. The van der Waals surface area contributed by atoms with Crippen LogP contribution in [0.4, 0.5) is 5.82 Å². The normalized spacial score (nSPS) is 16.0. The summed E-state index contributed by atoms with van der Waals surface area (Å²) in [7, 11) is 0. The van der Waals surface area contributed by atoms with E-state index in [0.717, 1.165) is 47.6 Å². The van der Waals surface area contributed by atoms with E-state index in [1.807, 2.05) is 19.1 Å². The van der Waals surface area contributed by atoms with E-state index < -0.39 is 0 Å². The van der Waals surface area contributed by atoms with E-state index in [1.165, 1.54) is 36.9 Å². The first-order valence-electron chi connectivity index (χ1n) is 12.5. The number of hydrogen-bond acceptors (Lipinski definition) is 6. The van der Waals surface area contributed by atoms with E-state index in [4.69, 9.17) is 11.5 Å². The van der Waals surface area contributed by atoms with Gasteiger partial charge in [0.05, 0.1) is 6.20 Å². The Kier molecular flexibility index (Phi) is 6.57. The molecule has 0 aromatic carbocycles. The molecule has 0 bridgehead atoms. The third-order valence-electron chi connectivity index (χ3n) is 6.74. The molecule has 0 unspecified atom stereocenters. The number of unbranched alkanes of at least 4 members (excludes halogenated alkanes) is 1. The van der Waals surface area contributed by atoms with Gasteiger partial charge in [0.15, 0.2) is 5.69 Å². The van der Waals surface area contributed by atoms with Crippen molar-refractivity contribution in [2.45, 2.75) is 76.8 Å². The van der Waals surface area contributed by atoms with Crippen molar-refractivity contribution >= 4 is 17.8 Å². The van der Waals surface area contributed by atoms with Crippen LogP contribution in [0.2, 0.25) is 0 Å². The summed E-state index contributed by atoms with van der Waals surface area (Å²) in [6, 6.07) is 3.87. The summed E-state index contributed by atoms with van der Waals surface area (Å²) < 4.78 is 1.71. The number of H-pyrrole nitrogens is 1. The SMILES string of the molecule is Cc1ccc(CNC(=O)c2cn(CCCC/C(N)=C/c3c(N)[nH]c(C4CC4)c3C3CC3)nn2)cn1. The second kappa shape index (κ2) is 9.93. The van der Waals surface area contributed by atoms with Gasteiger partial charge in [0.1, 0.15) is 5.82 Å². The van der Waals surface area contributed by atoms with Gasteiger partial charge in [-0.1, -0.05) is 11.3 Å². The van der Waals surface area contributed by atoms with E-state index >= 15 is 0 Å². The van der Waals surface area contributed by atoms with Crippen LogP contribution in [-0.2, 0) is 13.1 Å². The minimum atomic E-state index is -0.245. The molecule has 9 nitrogen and oxygen atoms in total. The molecule has 35 heavy (non-hydrogen) atoms. The summed E-state index contributed by atoms with van der Waals surface area (Å²) in [6.07, 6.45) is 13.1. The number of aromatic nitrogens is 5. The molecule has 0 aliphatic heterocycles. The fraction of sp³-hybridized carbons (Fsp3) is 0.462. The molecule has 0 atom stereocenters. The Bertz CT molecular complexity index is 1210. The molecule has 3 aromatic heterocycles. The molecule has 1 amide bonds. The zero-order chi connectivity index (χ0) is 24.4. The number of allylic oxidation sites excluding steroid dienone is 1. The fourth-order valence-corrected chi connectivity index (χ4v) is 4.48. The van der Waals surface area contributed by atoms with Gasteiger partial charge in [-0.15, -0.1) is 5.10 Å². The Morgan fingerprint density at radius 1 is 1.23 bits per heavy atom. The molecule has 0 spiro atoms. The number of aryl methyl sites for hydroxylation is 2. The van der Waals surface area contributed by atoms with Crippen molar-refractivity contribution < 1.29 is 4.79 Å². The first kappa shape index (κ1) is 23.1. The van der Waals surface area contributed by atoms with Crippen LogP contribution >= 0.6 is 0 Å². The van der Waals surface area contributed by atoms with Gasteiger partial charge in [-0.25, -0.2) is 0 Å². The van der Waals surface area contributed by atoms with Crippen molar-refractivity contribution in [3.63, 3.8) is 0 Å². The van der Waals surface area contributed by atoms with Gasteiger partial charge in [-0.2, -0.15) is 0 Å². The van der Waals surface area contributed by atoms with Crippen LogP contribution in [0.25, 0.3) is 6.08 Å². The molecule has 0 saturated heterocycles. The van der Waals surface area contributed by atoms with E-state index in [0.29, 0.717) is 30.6 Å². The number of carbonyl (C=O) groups is 1. The quantitative estimate of drug-likeness (QED) is 0.312. The average molecular weight is 475 g/mol. The van der Waals surface area contributed by atoms with Gasteiger partial charge in [0.25, 0.3) is 5.91 Å². The lowest BCUT2D eigenvalue weighted by molar-refractivity contribution is 0.0946. The van der Waals surface area contributed by atoms with Crippen molar-refractivity contribution in [3.8, 4) is 0 Å². The largest absolute Gasteiger partial charge is 0.402 e. The highest BCUT2D eigenvalue weighted by Crippen LogP contribution is 2.51. The second-order valence-electron chi connectivity index (χ2n) is 9.86. The number of aromatic amines is 1. The van der Waals surface area contributed by atoms with Crippen LogP contribution in [0.1, 0.15) is 95.3 Å². The number of nitrogen functional groups attached to an aromatic ring is 1. The van der Waals surface area contributed by atoms with Crippen LogP contribution in [0.3, 0.4) is 0 Å². The first-order valence-corrected chi connectivity index (χ1v) is 12.5. The number of hydrogen-bond donors (Lipinski definition) is 4. The van der Waals surface area contributed by atoms with Crippen LogP contribution in [0.15, 0.2) is 30.2 Å². The molecule has 2 saturated carbocycles. The minimum absolute atomic E-state index is 0.245. The Hall–Kier alpha value is -3.62. The van der Waals surface area contributed by atoms with Crippen LogP contribution in [0, 0.1) is 6.92 Å². The van der Waals surface area contributed by atoms with E-state index in [9.17, 15) is 4.79 Å². The van der Waals surface area contributed by atoms with Crippen molar-refractivity contribution in [1.82, 2.24) is 30.3 Å². The molecule has 5 rings (SSSR count). The average Bonchev–Trinajstić information content (AvgIpc) is 3.78. The van der Waals surface area contributed by atoms with Gasteiger partial charge < -0.3 is 21.8 Å². The number of rotatable bonds is 11. The highest BCUT2D eigenvalue weighted by Gasteiger charge is 2.36. The van der Waals surface area contributed by atoms with Gasteiger partial charge in [-0.05, 0) is 87.0 Å². The molecule has 184 valence electrons. The lowest BCUT2D eigenvalue weighted by Crippen LogP contribution is -2.23. The van der Waals surface area contributed by atoms with Gasteiger partial charge in [0.2, 0.25) is 0 Å². The summed E-state index contributed by atoms with van der Waals surface area (Å²) in [6.45, 7) is 3.01. The molecule has 2 fully saturated rings. The standard InChI is InChI=1S/C26H34N8O/c1-16-5-6-17(13-29-16)14-30-26(35)22-15-34(33-32-22)11-3-2-4-20(27)12-21-23(18-7-8-18)24(19-9-10-19)31-25(21)28/h5-6,12-13,15,18-19,31H,2-4,7-11,14,27-28H2,1H3,(H,30,35)/b20-12-. The van der Waals surface area contributed by atoms with Gasteiger partial charge in [0, 0.05) is 41.9 Å². The second-order valence-corrected chi connectivity index (χ2v) is 9.86. The molecule has 2 aliphatic rings. The molecule has 6 N–H and O–H groups in total. The number of pyridine rings is 1. The Morgan fingerprint density at radius 2 is 2.03 bits per heavy atom. The van der Waals surface area contributed by atoms with Crippen molar-refractivity contribution in [1.29, 1.82) is 0 Å². The van der Waals surface area contributed by atoms with Crippen LogP contribution in [-0.4, -0.2) is 30.9 Å². The fourth-order valence-electron chi connectivity index (χ4n) is 4.48. The summed E-state index contributed by atoms with van der Waals surface area (Å²) >= 11 is 0. The number of nitrogens with two attached hydrogens (primary N) is 2. The predicted octanol–water partition coefficient (Wildman–Crippen LogP) is 3.75. The molecular formula is C26H34N8O. The first-order chi connectivity index (χ1) is 17.0. The molecule has 3 heterocycles. The lowest BCUT2D eigenvalue weighted by Gasteiger charge is -2.06. The molecule has 0 radical (unpaired) electrons. The van der Waals surface area contributed by atoms with Crippen molar-refractivity contribution in [2.24, 2.45) is 5.73 Å². The molecular weight excluding hydrogens is 440 g/mol. The molecule has 2 aliphatic carbocycles. The Morgan fingerprint density at radius 3 is 2.74 bits per heavy atom. The van der Waals surface area contributed by atoms with Crippen LogP contribution < -0.4 is 16.8 Å². The summed E-state index contributed by atoms with van der Waals surface area (Å²) in [5.74, 6) is 1.81. The van der Waals surface area contributed by atoms with Crippen molar-refractivity contribution in [3.05, 3.63) is 64.0 Å². The topological polar surface area (TPSA) is 141 Å². The van der Waals surface area contributed by atoms with Gasteiger partial charge in [-0.3, -0.25) is 14.5 Å². The highest BCUT2D eigenvalue weighted by molar-refractivity contribution is 5.91.